The van der Waals surface area contributed by atoms with Gasteiger partial charge in [-0.25, -0.2) is 0 Å². The van der Waals surface area contributed by atoms with Crippen LogP contribution in [0.3, 0.4) is 0 Å². The van der Waals surface area contributed by atoms with Crippen LogP contribution in [0.25, 0.3) is 0 Å². The lowest BCUT2D eigenvalue weighted by Crippen LogP contribution is -2.15. The maximum atomic E-state index is 11.0. The average Bonchev–Trinajstić information content (AvgIpc) is 2.82. The Bertz CT molecular complexity index is 613. The Labute approximate surface area is 104 Å². The Morgan fingerprint density at radius 3 is 2.89 bits per heavy atom. The zero-order valence-corrected chi connectivity index (χ0v) is 9.61. The second-order valence-corrected chi connectivity index (χ2v) is 4.15. The molecule has 5 nitrogen and oxygen atoms in total. The van der Waals surface area contributed by atoms with Crippen LogP contribution >= 0.6 is 0 Å². The molecule has 0 spiro atoms. The number of hydrogen-bond donors (Lipinski definition) is 0. The Kier molecular flexibility index (Phi) is 2.44. The minimum absolute atomic E-state index is 0.0988. The highest BCUT2D eigenvalue weighted by Gasteiger charge is 2.25. The second-order valence-electron chi connectivity index (χ2n) is 4.15. The van der Waals surface area contributed by atoms with E-state index < -0.39 is 0 Å². The number of nitro groups is 1. The van der Waals surface area contributed by atoms with Crippen molar-refractivity contribution < 1.29 is 4.92 Å². The third kappa shape index (κ3) is 1.60. The lowest BCUT2D eigenvalue weighted by Gasteiger charge is -2.18. The van der Waals surface area contributed by atoms with Gasteiger partial charge in [-0.1, -0.05) is 18.2 Å². The monoisotopic (exact) mass is 241 g/mol. The molecule has 0 amide bonds. The Morgan fingerprint density at radius 1 is 1.22 bits per heavy atom. The van der Waals surface area contributed by atoms with Gasteiger partial charge in [0.15, 0.2) is 0 Å². The topological polar surface area (TPSA) is 59.3 Å². The molecule has 0 bridgehead atoms. The molecule has 0 fully saturated rings. The maximum absolute atomic E-state index is 11.0. The number of anilines is 2. The summed E-state index contributed by atoms with van der Waals surface area (Å²) < 4.78 is 0. The van der Waals surface area contributed by atoms with E-state index in [1.807, 2.05) is 23.1 Å². The first-order valence-corrected chi connectivity index (χ1v) is 5.71. The number of fused-ring (bicyclic) bond motifs is 1. The molecule has 1 aliphatic heterocycles. The van der Waals surface area contributed by atoms with Crippen molar-refractivity contribution in [1.82, 2.24) is 4.98 Å². The largest absolute Gasteiger partial charge is 0.334 e. The smallest absolute Gasteiger partial charge is 0.296 e. The normalized spacial score (nSPS) is 13.4. The predicted octanol–water partition coefficient (Wildman–Crippen LogP) is 2.68. The number of benzene rings is 1. The van der Waals surface area contributed by atoms with E-state index in [0.29, 0.717) is 5.69 Å². The standard InChI is InChI=1S/C13H11N3O2/c17-16(18)12-5-7-14-9-13(12)15-8-6-10-3-1-2-4-11(10)15/h1-5,7,9H,6,8H2. The van der Waals surface area contributed by atoms with Crippen molar-refractivity contribution in [3.63, 3.8) is 0 Å². The molecule has 0 radical (unpaired) electrons. The number of aromatic nitrogens is 1. The van der Waals surface area contributed by atoms with Gasteiger partial charge in [-0.2, -0.15) is 0 Å². The Morgan fingerprint density at radius 2 is 2.06 bits per heavy atom. The summed E-state index contributed by atoms with van der Waals surface area (Å²) in [5, 5.41) is 11.0. The number of hydrogen-bond acceptors (Lipinski definition) is 4. The summed E-state index contributed by atoms with van der Waals surface area (Å²) in [6, 6.07) is 9.41. The quantitative estimate of drug-likeness (QED) is 0.599. The van der Waals surface area contributed by atoms with Gasteiger partial charge in [0.05, 0.1) is 11.1 Å². The Hall–Kier alpha value is -2.43. The zero-order chi connectivity index (χ0) is 12.5. The van der Waals surface area contributed by atoms with E-state index in [1.165, 1.54) is 17.8 Å². The first kappa shape index (κ1) is 10.7. The molecule has 2 heterocycles. The van der Waals surface area contributed by atoms with E-state index in [4.69, 9.17) is 0 Å². The summed E-state index contributed by atoms with van der Waals surface area (Å²) in [5.41, 5.74) is 2.92. The van der Waals surface area contributed by atoms with Gasteiger partial charge in [0.1, 0.15) is 5.69 Å². The molecule has 18 heavy (non-hydrogen) atoms. The van der Waals surface area contributed by atoms with Crippen LogP contribution in [0.4, 0.5) is 17.1 Å². The van der Waals surface area contributed by atoms with Crippen molar-refractivity contribution >= 4 is 17.1 Å². The SMILES string of the molecule is O=[N+]([O-])c1ccncc1N1CCc2ccccc21. The molecule has 1 aliphatic rings. The van der Waals surface area contributed by atoms with E-state index in [9.17, 15) is 10.1 Å². The van der Waals surface area contributed by atoms with Gasteiger partial charge in [-0.3, -0.25) is 15.1 Å². The van der Waals surface area contributed by atoms with E-state index in [1.54, 1.807) is 6.20 Å². The molecule has 0 saturated heterocycles. The molecule has 1 aromatic heterocycles. The average molecular weight is 241 g/mol. The van der Waals surface area contributed by atoms with Gasteiger partial charge >= 0.3 is 0 Å². The predicted molar refractivity (Wildman–Crippen MR) is 68.0 cm³/mol. The highest BCUT2D eigenvalue weighted by molar-refractivity contribution is 5.75. The first-order chi connectivity index (χ1) is 8.77. The van der Waals surface area contributed by atoms with Gasteiger partial charge in [0.2, 0.25) is 0 Å². The van der Waals surface area contributed by atoms with Gasteiger partial charge < -0.3 is 4.90 Å². The van der Waals surface area contributed by atoms with E-state index >= 15 is 0 Å². The summed E-state index contributed by atoms with van der Waals surface area (Å²) in [6.45, 7) is 0.756. The van der Waals surface area contributed by atoms with E-state index in [0.717, 1.165) is 18.7 Å². The van der Waals surface area contributed by atoms with Crippen LogP contribution in [0.2, 0.25) is 0 Å². The van der Waals surface area contributed by atoms with Crippen LogP contribution < -0.4 is 4.90 Å². The van der Waals surface area contributed by atoms with Crippen LogP contribution in [0.1, 0.15) is 5.56 Å². The molecule has 90 valence electrons. The van der Waals surface area contributed by atoms with Crippen molar-refractivity contribution in [3.8, 4) is 0 Å². The van der Waals surface area contributed by atoms with Gasteiger partial charge in [-0.05, 0) is 18.1 Å². The molecule has 5 heteroatoms. The molecule has 0 unspecified atom stereocenters. The summed E-state index contributed by atoms with van der Waals surface area (Å²) in [5.74, 6) is 0. The lowest BCUT2D eigenvalue weighted by molar-refractivity contribution is -0.384. The Balaban J connectivity index is 2.10. The molecule has 2 aromatic rings. The first-order valence-electron chi connectivity index (χ1n) is 5.71. The minimum Gasteiger partial charge on any atom is -0.334 e. The molecular weight excluding hydrogens is 230 g/mol. The van der Waals surface area contributed by atoms with Gasteiger partial charge in [0, 0.05) is 24.5 Å². The van der Waals surface area contributed by atoms with Gasteiger partial charge in [0.25, 0.3) is 5.69 Å². The van der Waals surface area contributed by atoms with Crippen LogP contribution in [-0.2, 0) is 6.42 Å². The molecule has 3 rings (SSSR count). The van der Waals surface area contributed by atoms with Crippen molar-refractivity contribution in [2.45, 2.75) is 6.42 Å². The van der Waals surface area contributed by atoms with Crippen LogP contribution in [0.5, 0.6) is 0 Å². The number of pyridine rings is 1. The van der Waals surface area contributed by atoms with Crippen molar-refractivity contribution in [2.75, 3.05) is 11.4 Å². The minimum atomic E-state index is -0.363. The summed E-state index contributed by atoms with van der Waals surface area (Å²) in [4.78, 5) is 16.6. The highest BCUT2D eigenvalue weighted by atomic mass is 16.6. The maximum Gasteiger partial charge on any atom is 0.296 e. The summed E-state index contributed by atoms with van der Waals surface area (Å²) >= 11 is 0. The molecule has 0 aliphatic carbocycles. The highest BCUT2D eigenvalue weighted by Crippen LogP contribution is 2.38. The van der Waals surface area contributed by atoms with E-state index in [-0.39, 0.29) is 10.6 Å². The molecular formula is C13H11N3O2. The second kappa shape index (κ2) is 4.10. The third-order valence-electron chi connectivity index (χ3n) is 3.15. The number of para-hydroxylation sites is 1. The summed E-state index contributed by atoms with van der Waals surface area (Å²) in [6.07, 6.45) is 3.91. The fourth-order valence-electron chi connectivity index (χ4n) is 2.33. The van der Waals surface area contributed by atoms with Crippen molar-refractivity contribution in [3.05, 3.63) is 58.4 Å². The van der Waals surface area contributed by atoms with Crippen molar-refractivity contribution in [2.24, 2.45) is 0 Å². The number of nitrogens with zero attached hydrogens (tertiary/aromatic N) is 3. The van der Waals surface area contributed by atoms with E-state index in [2.05, 4.69) is 11.1 Å². The summed E-state index contributed by atoms with van der Waals surface area (Å²) in [7, 11) is 0. The van der Waals surface area contributed by atoms with Crippen LogP contribution in [0, 0.1) is 10.1 Å². The molecule has 0 atom stereocenters. The number of rotatable bonds is 2. The fourth-order valence-corrected chi connectivity index (χ4v) is 2.33. The fraction of sp³-hybridized carbons (Fsp3) is 0.154. The van der Waals surface area contributed by atoms with Crippen molar-refractivity contribution in [1.29, 1.82) is 0 Å². The molecule has 0 saturated carbocycles. The molecule has 0 N–H and O–H groups in total. The van der Waals surface area contributed by atoms with Crippen LogP contribution in [0.15, 0.2) is 42.7 Å². The van der Waals surface area contributed by atoms with Gasteiger partial charge in [-0.15, -0.1) is 0 Å². The molecule has 1 aromatic carbocycles. The zero-order valence-electron chi connectivity index (χ0n) is 9.61. The third-order valence-corrected chi connectivity index (χ3v) is 3.15. The van der Waals surface area contributed by atoms with Crippen LogP contribution in [-0.4, -0.2) is 16.5 Å². The lowest BCUT2D eigenvalue weighted by atomic mass is 10.2.